The Morgan fingerprint density at radius 3 is 2.75 bits per heavy atom. The molecule has 1 aromatic heterocycles. The fourth-order valence-electron chi connectivity index (χ4n) is 2.25. The maximum absolute atomic E-state index is 12.3. The van der Waals surface area contributed by atoms with E-state index in [9.17, 15) is 9.90 Å². The van der Waals surface area contributed by atoms with Gasteiger partial charge < -0.3 is 14.8 Å². The highest BCUT2D eigenvalue weighted by Gasteiger charge is 2.31. The molecular formula is C16H25NO3. The molecule has 0 saturated heterocycles. The average Bonchev–Trinajstić information content (AvgIpc) is 3.10. The van der Waals surface area contributed by atoms with E-state index in [0.717, 1.165) is 31.4 Å². The maximum Gasteiger partial charge on any atom is 0.255 e. The molecule has 1 aromatic rings. The molecular weight excluding hydrogens is 254 g/mol. The van der Waals surface area contributed by atoms with Crippen LogP contribution in [0.2, 0.25) is 0 Å². The van der Waals surface area contributed by atoms with Crippen LogP contribution in [0.15, 0.2) is 16.7 Å². The molecule has 1 amide bonds. The second-order valence-electron chi connectivity index (χ2n) is 6.93. The Bertz CT molecular complexity index is 455. The van der Waals surface area contributed by atoms with Crippen LogP contribution in [-0.2, 0) is 0 Å². The lowest BCUT2D eigenvalue weighted by atomic mass is 9.89. The lowest BCUT2D eigenvalue weighted by molar-refractivity contribution is 0.0905. The van der Waals surface area contributed by atoms with Gasteiger partial charge >= 0.3 is 0 Å². The fraction of sp³-hybridized carbons (Fsp3) is 0.688. The summed E-state index contributed by atoms with van der Waals surface area (Å²) in [4.78, 5) is 12.3. The van der Waals surface area contributed by atoms with E-state index < -0.39 is 0 Å². The van der Waals surface area contributed by atoms with Crippen molar-refractivity contribution in [3.63, 3.8) is 0 Å². The summed E-state index contributed by atoms with van der Waals surface area (Å²) in [6.45, 7) is 6.44. The molecule has 1 aliphatic rings. The Balaban J connectivity index is 1.93. The zero-order valence-electron chi connectivity index (χ0n) is 12.6. The number of nitrogens with one attached hydrogen (secondary N) is 1. The predicted molar refractivity (Wildman–Crippen MR) is 77.7 cm³/mol. The molecule has 2 N–H and O–H groups in total. The summed E-state index contributed by atoms with van der Waals surface area (Å²) in [5.41, 5.74) is 0.828. The second-order valence-corrected chi connectivity index (χ2v) is 6.93. The highest BCUT2D eigenvalue weighted by atomic mass is 16.3. The number of amides is 1. The van der Waals surface area contributed by atoms with Gasteiger partial charge in [0.1, 0.15) is 5.76 Å². The number of carbonyl (C=O) groups is 1. The number of aliphatic hydroxyl groups excluding tert-OH is 1. The SMILES string of the molecule is CC(C)(C)CCC(CO)NC(=O)c1ccoc1C1CC1. The minimum atomic E-state index is -0.191. The molecule has 112 valence electrons. The van der Waals surface area contributed by atoms with E-state index in [2.05, 4.69) is 26.1 Å². The Kier molecular flexibility index (Phi) is 4.53. The zero-order chi connectivity index (χ0) is 14.8. The Labute approximate surface area is 120 Å². The van der Waals surface area contributed by atoms with Crippen LogP contribution < -0.4 is 5.32 Å². The normalized spacial score (nSPS) is 17.0. The molecule has 0 spiro atoms. The van der Waals surface area contributed by atoms with E-state index in [0.29, 0.717) is 11.5 Å². The standard InChI is InChI=1S/C16H25NO3/c1-16(2,3)8-6-12(10-18)17-15(19)13-7-9-20-14(13)11-4-5-11/h7,9,11-12,18H,4-6,8,10H2,1-3H3,(H,17,19). The van der Waals surface area contributed by atoms with Crippen molar-refractivity contribution >= 4 is 5.91 Å². The highest BCUT2D eigenvalue weighted by Crippen LogP contribution is 2.42. The van der Waals surface area contributed by atoms with Gasteiger partial charge in [-0.1, -0.05) is 20.8 Å². The van der Waals surface area contributed by atoms with Gasteiger partial charge in [-0.2, -0.15) is 0 Å². The van der Waals surface area contributed by atoms with Gasteiger partial charge in [0.2, 0.25) is 0 Å². The van der Waals surface area contributed by atoms with Crippen LogP contribution >= 0.6 is 0 Å². The van der Waals surface area contributed by atoms with E-state index in [1.165, 1.54) is 0 Å². The van der Waals surface area contributed by atoms with Crippen molar-refractivity contribution in [1.82, 2.24) is 5.32 Å². The van der Waals surface area contributed by atoms with Crippen LogP contribution in [0, 0.1) is 5.41 Å². The van der Waals surface area contributed by atoms with Gasteiger partial charge in [0.05, 0.1) is 24.5 Å². The van der Waals surface area contributed by atoms with Crippen LogP contribution in [0.5, 0.6) is 0 Å². The Hall–Kier alpha value is -1.29. The van der Waals surface area contributed by atoms with E-state index in [1.54, 1.807) is 12.3 Å². The van der Waals surface area contributed by atoms with E-state index in [1.807, 2.05) is 0 Å². The number of aliphatic hydroxyl groups is 1. The third-order valence-corrected chi connectivity index (χ3v) is 3.69. The lowest BCUT2D eigenvalue weighted by Crippen LogP contribution is -2.38. The van der Waals surface area contributed by atoms with Gasteiger partial charge in [-0.3, -0.25) is 4.79 Å². The van der Waals surface area contributed by atoms with Gasteiger partial charge in [0.15, 0.2) is 0 Å². The second kappa shape index (κ2) is 6.00. The van der Waals surface area contributed by atoms with Gasteiger partial charge in [0, 0.05) is 5.92 Å². The van der Waals surface area contributed by atoms with Crippen molar-refractivity contribution in [3.8, 4) is 0 Å². The summed E-state index contributed by atoms with van der Waals surface area (Å²) in [6.07, 6.45) is 5.51. The number of furan rings is 1. The zero-order valence-corrected chi connectivity index (χ0v) is 12.6. The van der Waals surface area contributed by atoms with Crippen molar-refractivity contribution in [2.75, 3.05) is 6.61 Å². The van der Waals surface area contributed by atoms with Gasteiger partial charge in [-0.05, 0) is 37.2 Å². The van der Waals surface area contributed by atoms with Crippen LogP contribution in [0.4, 0.5) is 0 Å². The summed E-state index contributed by atoms with van der Waals surface area (Å²) in [6, 6.07) is 1.53. The molecule has 1 saturated carbocycles. The van der Waals surface area contributed by atoms with Crippen molar-refractivity contribution in [2.24, 2.45) is 5.41 Å². The smallest absolute Gasteiger partial charge is 0.255 e. The molecule has 4 heteroatoms. The Morgan fingerprint density at radius 1 is 1.50 bits per heavy atom. The number of carbonyl (C=O) groups excluding carboxylic acids is 1. The largest absolute Gasteiger partial charge is 0.468 e. The third kappa shape index (κ3) is 4.10. The van der Waals surface area contributed by atoms with Crippen LogP contribution in [-0.4, -0.2) is 23.7 Å². The number of hydrogen-bond donors (Lipinski definition) is 2. The van der Waals surface area contributed by atoms with Crippen molar-refractivity contribution < 1.29 is 14.3 Å². The van der Waals surface area contributed by atoms with Crippen molar-refractivity contribution in [3.05, 3.63) is 23.7 Å². The molecule has 0 bridgehead atoms. The first-order valence-corrected chi connectivity index (χ1v) is 7.40. The molecule has 0 radical (unpaired) electrons. The molecule has 1 atom stereocenters. The fourth-order valence-corrected chi connectivity index (χ4v) is 2.25. The van der Waals surface area contributed by atoms with Gasteiger partial charge in [-0.15, -0.1) is 0 Å². The summed E-state index contributed by atoms with van der Waals surface area (Å²) < 4.78 is 5.42. The first-order chi connectivity index (χ1) is 9.40. The third-order valence-electron chi connectivity index (χ3n) is 3.69. The number of hydrogen-bond acceptors (Lipinski definition) is 3. The van der Waals surface area contributed by atoms with Crippen molar-refractivity contribution in [1.29, 1.82) is 0 Å². The Morgan fingerprint density at radius 2 is 2.20 bits per heavy atom. The molecule has 1 aliphatic carbocycles. The van der Waals surface area contributed by atoms with E-state index in [-0.39, 0.29) is 24.0 Å². The summed E-state index contributed by atoms with van der Waals surface area (Å²) >= 11 is 0. The maximum atomic E-state index is 12.3. The molecule has 1 unspecified atom stereocenters. The molecule has 2 rings (SSSR count). The minimum absolute atomic E-state index is 0.0293. The molecule has 1 heterocycles. The summed E-state index contributed by atoms with van der Waals surface area (Å²) in [7, 11) is 0. The van der Waals surface area contributed by atoms with Crippen LogP contribution in [0.3, 0.4) is 0 Å². The summed E-state index contributed by atoms with van der Waals surface area (Å²) in [5, 5.41) is 12.3. The quantitative estimate of drug-likeness (QED) is 0.841. The average molecular weight is 279 g/mol. The van der Waals surface area contributed by atoms with Crippen LogP contribution in [0.1, 0.15) is 68.5 Å². The molecule has 0 aliphatic heterocycles. The predicted octanol–water partition coefficient (Wildman–Crippen LogP) is 3.07. The molecule has 0 aromatic carbocycles. The van der Waals surface area contributed by atoms with Crippen LogP contribution in [0.25, 0.3) is 0 Å². The summed E-state index contributed by atoms with van der Waals surface area (Å²) in [5.74, 6) is 1.08. The van der Waals surface area contributed by atoms with Gasteiger partial charge in [0.25, 0.3) is 5.91 Å². The van der Waals surface area contributed by atoms with E-state index in [4.69, 9.17) is 4.42 Å². The monoisotopic (exact) mass is 279 g/mol. The molecule has 4 nitrogen and oxygen atoms in total. The van der Waals surface area contributed by atoms with E-state index >= 15 is 0 Å². The minimum Gasteiger partial charge on any atom is -0.468 e. The molecule has 1 fully saturated rings. The first-order valence-electron chi connectivity index (χ1n) is 7.40. The first kappa shape index (κ1) is 15.1. The number of rotatable bonds is 6. The molecule has 20 heavy (non-hydrogen) atoms. The van der Waals surface area contributed by atoms with Gasteiger partial charge in [-0.25, -0.2) is 0 Å². The topological polar surface area (TPSA) is 62.5 Å². The highest BCUT2D eigenvalue weighted by molar-refractivity contribution is 5.95. The van der Waals surface area contributed by atoms with Crippen molar-refractivity contribution in [2.45, 2.75) is 58.4 Å². The lowest BCUT2D eigenvalue weighted by Gasteiger charge is -2.22.